The van der Waals surface area contributed by atoms with Crippen LogP contribution in [0.1, 0.15) is 53.9 Å². The van der Waals surface area contributed by atoms with Crippen LogP contribution in [0.25, 0.3) is 0 Å². The topological polar surface area (TPSA) is 69.2 Å². The van der Waals surface area contributed by atoms with Crippen LogP contribution in [0.4, 0.5) is 9.80 Å². The number of anilines is 1. The third-order valence-corrected chi connectivity index (χ3v) is 6.09. The average Bonchev–Trinajstić information content (AvgIpc) is 3.21. The van der Waals surface area contributed by atoms with Gasteiger partial charge in [0.15, 0.2) is 5.96 Å². The number of hydrogen-bond donors (Lipinski definition) is 2. The highest BCUT2D eigenvalue weighted by atomic mass is 32.1. The molecule has 1 aromatic heterocycles. The van der Waals surface area contributed by atoms with Crippen molar-refractivity contribution >= 4 is 28.4 Å². The van der Waals surface area contributed by atoms with Gasteiger partial charge in [0.05, 0.1) is 5.00 Å². The second-order valence-electron chi connectivity index (χ2n) is 8.85. The molecule has 2 heterocycles. The predicted octanol–water partition coefficient (Wildman–Crippen LogP) is 3.92. The zero-order chi connectivity index (χ0) is 22.1. The van der Waals surface area contributed by atoms with Gasteiger partial charge in [-0.05, 0) is 71.4 Å². The lowest BCUT2D eigenvalue weighted by Crippen LogP contribution is -2.48. The van der Waals surface area contributed by atoms with E-state index in [4.69, 9.17) is 9.73 Å². The molecule has 30 heavy (non-hydrogen) atoms. The molecule has 0 spiro atoms. The Kier molecular flexibility index (Phi) is 9.27. The molecule has 7 nitrogen and oxygen atoms in total. The summed E-state index contributed by atoms with van der Waals surface area (Å²) >= 11 is 1.81. The van der Waals surface area contributed by atoms with E-state index in [0.717, 1.165) is 44.9 Å². The number of guanidine groups is 1. The summed E-state index contributed by atoms with van der Waals surface area (Å²) in [6, 6.07) is 4.79. The van der Waals surface area contributed by atoms with Crippen LogP contribution in [-0.2, 0) is 4.74 Å². The van der Waals surface area contributed by atoms with Gasteiger partial charge in [-0.2, -0.15) is 0 Å². The van der Waals surface area contributed by atoms with E-state index in [1.807, 2.05) is 27.7 Å². The number of piperidine rings is 1. The van der Waals surface area contributed by atoms with E-state index in [1.165, 1.54) is 5.00 Å². The Hall–Kier alpha value is -1.96. The SMILES string of the molecule is CCNC(=NCCC(C)N(C)C(=O)OC(C)(C)C)NC1CCN(c2cccs2)CC1. The molecule has 170 valence electrons. The van der Waals surface area contributed by atoms with Gasteiger partial charge in [-0.25, -0.2) is 4.79 Å². The van der Waals surface area contributed by atoms with Crippen molar-refractivity contribution in [2.45, 2.75) is 71.6 Å². The van der Waals surface area contributed by atoms with Crippen LogP contribution in [0.15, 0.2) is 22.5 Å². The number of rotatable bonds is 7. The van der Waals surface area contributed by atoms with E-state index in [9.17, 15) is 4.79 Å². The van der Waals surface area contributed by atoms with Gasteiger partial charge >= 0.3 is 6.09 Å². The summed E-state index contributed by atoms with van der Waals surface area (Å²) < 4.78 is 5.45. The second kappa shape index (κ2) is 11.4. The quantitative estimate of drug-likeness (QED) is 0.500. The van der Waals surface area contributed by atoms with Crippen molar-refractivity contribution in [2.75, 3.05) is 38.1 Å². The molecule has 0 aromatic carbocycles. The summed E-state index contributed by atoms with van der Waals surface area (Å²) in [4.78, 5) is 21.1. The smallest absolute Gasteiger partial charge is 0.410 e. The molecule has 1 atom stereocenters. The molecule has 1 amide bonds. The molecule has 2 rings (SSSR count). The molecule has 1 aliphatic rings. The van der Waals surface area contributed by atoms with Gasteiger partial charge in [-0.3, -0.25) is 4.99 Å². The summed E-state index contributed by atoms with van der Waals surface area (Å²) in [6.07, 6.45) is 2.69. The predicted molar refractivity (Wildman–Crippen MR) is 127 cm³/mol. The van der Waals surface area contributed by atoms with Crippen LogP contribution in [-0.4, -0.2) is 67.9 Å². The van der Waals surface area contributed by atoms with Crippen LogP contribution < -0.4 is 15.5 Å². The zero-order valence-electron chi connectivity index (χ0n) is 19.4. The van der Waals surface area contributed by atoms with E-state index >= 15 is 0 Å². The minimum Gasteiger partial charge on any atom is -0.444 e. The molecule has 1 aromatic rings. The first kappa shape index (κ1) is 24.3. The maximum Gasteiger partial charge on any atom is 0.410 e. The number of amides is 1. The molecule has 1 fully saturated rings. The first-order valence-corrected chi connectivity index (χ1v) is 11.9. The number of hydrogen-bond acceptors (Lipinski definition) is 5. The van der Waals surface area contributed by atoms with Crippen molar-refractivity contribution in [3.05, 3.63) is 17.5 Å². The molecule has 1 aliphatic heterocycles. The number of carbonyl (C=O) groups is 1. The Balaban J connectivity index is 1.79. The number of nitrogens with one attached hydrogen (secondary N) is 2. The van der Waals surface area contributed by atoms with Crippen molar-refractivity contribution < 1.29 is 9.53 Å². The highest BCUT2D eigenvalue weighted by Gasteiger charge is 2.23. The van der Waals surface area contributed by atoms with Gasteiger partial charge < -0.3 is 25.2 Å². The van der Waals surface area contributed by atoms with E-state index in [-0.39, 0.29) is 12.1 Å². The number of carbonyl (C=O) groups excluding carboxylic acids is 1. The van der Waals surface area contributed by atoms with Gasteiger partial charge in [0.25, 0.3) is 0 Å². The molecule has 0 saturated carbocycles. The average molecular weight is 438 g/mol. The summed E-state index contributed by atoms with van der Waals surface area (Å²) in [5.41, 5.74) is -0.482. The Labute approximate surface area is 185 Å². The highest BCUT2D eigenvalue weighted by Crippen LogP contribution is 2.24. The molecule has 2 N–H and O–H groups in total. The molecule has 8 heteroatoms. The minimum atomic E-state index is -0.482. The van der Waals surface area contributed by atoms with Gasteiger partial charge in [-0.1, -0.05) is 0 Å². The first-order valence-electron chi connectivity index (χ1n) is 11.0. The Bertz CT molecular complexity index is 664. The van der Waals surface area contributed by atoms with Gasteiger partial charge in [0, 0.05) is 45.3 Å². The molecular formula is C22H39N5O2S. The number of ether oxygens (including phenoxy) is 1. The maximum atomic E-state index is 12.2. The Morgan fingerprint density at radius 3 is 2.67 bits per heavy atom. The fourth-order valence-electron chi connectivity index (χ4n) is 3.28. The van der Waals surface area contributed by atoms with E-state index in [2.05, 4.69) is 40.0 Å². The molecular weight excluding hydrogens is 398 g/mol. The first-order chi connectivity index (χ1) is 14.2. The molecule has 0 bridgehead atoms. The van der Waals surface area contributed by atoms with Gasteiger partial charge in [0.2, 0.25) is 0 Å². The fourth-order valence-corrected chi connectivity index (χ4v) is 4.06. The Morgan fingerprint density at radius 2 is 2.10 bits per heavy atom. The van der Waals surface area contributed by atoms with Gasteiger partial charge in [-0.15, -0.1) is 11.3 Å². The summed E-state index contributed by atoms with van der Waals surface area (Å²) in [7, 11) is 1.79. The van der Waals surface area contributed by atoms with Crippen LogP contribution in [0.2, 0.25) is 0 Å². The Morgan fingerprint density at radius 1 is 1.40 bits per heavy atom. The third kappa shape index (κ3) is 8.05. The van der Waals surface area contributed by atoms with E-state index < -0.39 is 5.60 Å². The van der Waals surface area contributed by atoms with Crippen molar-refractivity contribution in [2.24, 2.45) is 4.99 Å². The lowest BCUT2D eigenvalue weighted by molar-refractivity contribution is 0.0231. The van der Waals surface area contributed by atoms with Crippen molar-refractivity contribution in [3.8, 4) is 0 Å². The lowest BCUT2D eigenvalue weighted by atomic mass is 10.1. The minimum absolute atomic E-state index is 0.0560. The highest BCUT2D eigenvalue weighted by molar-refractivity contribution is 7.14. The van der Waals surface area contributed by atoms with Crippen molar-refractivity contribution in [1.29, 1.82) is 0 Å². The van der Waals surface area contributed by atoms with E-state index in [0.29, 0.717) is 12.6 Å². The zero-order valence-corrected chi connectivity index (χ0v) is 20.2. The van der Waals surface area contributed by atoms with Crippen molar-refractivity contribution in [3.63, 3.8) is 0 Å². The van der Waals surface area contributed by atoms with Crippen LogP contribution in [0, 0.1) is 0 Å². The number of thiophene rings is 1. The maximum absolute atomic E-state index is 12.2. The van der Waals surface area contributed by atoms with Crippen LogP contribution in [0.5, 0.6) is 0 Å². The summed E-state index contributed by atoms with van der Waals surface area (Å²) in [6.45, 7) is 13.4. The lowest BCUT2D eigenvalue weighted by Gasteiger charge is -2.33. The fraction of sp³-hybridized carbons (Fsp3) is 0.727. The third-order valence-electron chi connectivity index (χ3n) is 5.16. The van der Waals surface area contributed by atoms with E-state index in [1.54, 1.807) is 23.3 Å². The van der Waals surface area contributed by atoms with Crippen LogP contribution in [0.3, 0.4) is 0 Å². The molecule has 1 unspecified atom stereocenters. The standard InChI is InChI=1S/C22H39N5O2S/c1-7-23-20(24-13-10-17(2)26(6)21(28)29-22(3,4)5)25-18-11-14-27(15-12-18)19-9-8-16-30-19/h8-9,16-18H,7,10-15H2,1-6H3,(H2,23,24,25). The molecule has 1 saturated heterocycles. The van der Waals surface area contributed by atoms with Crippen molar-refractivity contribution in [1.82, 2.24) is 15.5 Å². The van der Waals surface area contributed by atoms with Gasteiger partial charge in [0.1, 0.15) is 5.60 Å². The van der Waals surface area contributed by atoms with Crippen LogP contribution >= 0.6 is 11.3 Å². The monoisotopic (exact) mass is 437 g/mol. The largest absolute Gasteiger partial charge is 0.444 e. The molecule has 0 radical (unpaired) electrons. The molecule has 0 aliphatic carbocycles. The second-order valence-corrected chi connectivity index (χ2v) is 9.77. The number of aliphatic imine (C=N–C) groups is 1. The number of nitrogens with zero attached hydrogens (tertiary/aromatic N) is 3. The normalized spacial score (nSPS) is 16.9. The summed E-state index contributed by atoms with van der Waals surface area (Å²) in [5.74, 6) is 0.860. The summed E-state index contributed by atoms with van der Waals surface area (Å²) in [5, 5.41) is 10.4.